The molecule has 7 nitrogen and oxygen atoms in total. The van der Waals surface area contributed by atoms with Crippen LogP contribution in [0.4, 0.5) is 6.01 Å². The molecule has 1 aliphatic rings. The predicted molar refractivity (Wildman–Crippen MR) is 111 cm³/mol. The molecule has 1 saturated heterocycles. The molecule has 4 heterocycles. The first kappa shape index (κ1) is 16.4. The lowest BCUT2D eigenvalue weighted by molar-refractivity contribution is 0.120. The SMILES string of the molecule is c1ccc2c(-c3ccn(-c4ccc5oc(N6CCOCC6)nc5c4)n3)c[nH]c2c1. The number of nitrogens with one attached hydrogen (secondary N) is 1. The summed E-state index contributed by atoms with van der Waals surface area (Å²) in [7, 11) is 0. The Morgan fingerprint density at radius 1 is 1.00 bits per heavy atom. The van der Waals surface area contributed by atoms with Crippen molar-refractivity contribution in [2.75, 3.05) is 31.2 Å². The molecule has 0 amide bonds. The van der Waals surface area contributed by atoms with E-state index in [1.54, 1.807) is 0 Å². The molecule has 29 heavy (non-hydrogen) atoms. The molecular formula is C22H19N5O2. The number of rotatable bonds is 3. The second-order valence-corrected chi connectivity index (χ2v) is 7.14. The number of H-pyrrole nitrogens is 1. The highest BCUT2D eigenvalue weighted by Gasteiger charge is 2.17. The third kappa shape index (κ3) is 2.78. The molecule has 1 fully saturated rings. The van der Waals surface area contributed by atoms with Gasteiger partial charge in [-0.05, 0) is 30.3 Å². The molecule has 5 aromatic rings. The van der Waals surface area contributed by atoms with E-state index in [-0.39, 0.29) is 0 Å². The average molecular weight is 385 g/mol. The van der Waals surface area contributed by atoms with Crippen molar-refractivity contribution in [3.63, 3.8) is 0 Å². The van der Waals surface area contributed by atoms with Gasteiger partial charge in [0.05, 0.1) is 24.6 Å². The fourth-order valence-corrected chi connectivity index (χ4v) is 3.83. The molecule has 7 heteroatoms. The van der Waals surface area contributed by atoms with Crippen LogP contribution >= 0.6 is 0 Å². The number of anilines is 1. The Bertz CT molecular complexity index is 1310. The second kappa shape index (κ2) is 6.49. The highest BCUT2D eigenvalue weighted by Crippen LogP contribution is 2.29. The number of morpholine rings is 1. The zero-order chi connectivity index (χ0) is 19.2. The third-order valence-electron chi connectivity index (χ3n) is 5.36. The molecule has 6 rings (SSSR count). The summed E-state index contributed by atoms with van der Waals surface area (Å²) in [6.07, 6.45) is 3.98. The van der Waals surface area contributed by atoms with Crippen LogP contribution in [0.3, 0.4) is 0 Å². The normalized spacial score (nSPS) is 14.8. The van der Waals surface area contributed by atoms with Crippen LogP contribution in [0.5, 0.6) is 0 Å². The van der Waals surface area contributed by atoms with Crippen LogP contribution in [0.1, 0.15) is 0 Å². The third-order valence-corrected chi connectivity index (χ3v) is 5.36. The van der Waals surface area contributed by atoms with Gasteiger partial charge in [-0.1, -0.05) is 18.2 Å². The molecule has 0 unspecified atom stereocenters. The summed E-state index contributed by atoms with van der Waals surface area (Å²) < 4.78 is 13.2. The van der Waals surface area contributed by atoms with Crippen LogP contribution in [-0.4, -0.2) is 46.1 Å². The quantitative estimate of drug-likeness (QED) is 0.508. The lowest BCUT2D eigenvalue weighted by Gasteiger charge is -2.24. The van der Waals surface area contributed by atoms with Crippen molar-refractivity contribution in [2.45, 2.75) is 0 Å². The Morgan fingerprint density at radius 2 is 1.90 bits per heavy atom. The fourth-order valence-electron chi connectivity index (χ4n) is 3.83. The molecule has 0 bridgehead atoms. The molecule has 0 radical (unpaired) electrons. The van der Waals surface area contributed by atoms with Crippen molar-refractivity contribution in [1.82, 2.24) is 19.7 Å². The van der Waals surface area contributed by atoms with Crippen LogP contribution in [-0.2, 0) is 4.74 Å². The summed E-state index contributed by atoms with van der Waals surface area (Å²) in [5.74, 6) is 0. The summed E-state index contributed by atoms with van der Waals surface area (Å²) in [4.78, 5) is 10.1. The van der Waals surface area contributed by atoms with Gasteiger partial charge in [-0.25, -0.2) is 4.68 Å². The van der Waals surface area contributed by atoms with Crippen LogP contribution in [0.2, 0.25) is 0 Å². The molecule has 0 atom stereocenters. The van der Waals surface area contributed by atoms with Gasteiger partial charge in [-0.2, -0.15) is 10.1 Å². The molecule has 0 saturated carbocycles. The highest BCUT2D eigenvalue weighted by molar-refractivity contribution is 5.94. The summed E-state index contributed by atoms with van der Waals surface area (Å²) in [6, 6.07) is 16.9. The molecule has 1 aliphatic heterocycles. The largest absolute Gasteiger partial charge is 0.423 e. The Kier molecular flexibility index (Phi) is 3.67. The van der Waals surface area contributed by atoms with E-state index in [2.05, 4.69) is 27.0 Å². The van der Waals surface area contributed by atoms with E-state index in [1.165, 1.54) is 5.39 Å². The minimum absolute atomic E-state index is 0.653. The maximum absolute atomic E-state index is 5.94. The number of hydrogen-bond donors (Lipinski definition) is 1. The first-order valence-electron chi connectivity index (χ1n) is 9.71. The summed E-state index contributed by atoms with van der Waals surface area (Å²) >= 11 is 0. The van der Waals surface area contributed by atoms with Gasteiger partial charge in [0.1, 0.15) is 5.52 Å². The van der Waals surface area contributed by atoms with E-state index in [9.17, 15) is 0 Å². The monoisotopic (exact) mass is 385 g/mol. The maximum Gasteiger partial charge on any atom is 0.298 e. The van der Waals surface area contributed by atoms with E-state index in [1.807, 2.05) is 53.5 Å². The van der Waals surface area contributed by atoms with Gasteiger partial charge in [-0.3, -0.25) is 0 Å². The van der Waals surface area contributed by atoms with Gasteiger partial charge >= 0.3 is 0 Å². The molecule has 3 aromatic heterocycles. The van der Waals surface area contributed by atoms with E-state index >= 15 is 0 Å². The van der Waals surface area contributed by atoms with Crippen molar-refractivity contribution in [1.29, 1.82) is 0 Å². The number of aromatic nitrogens is 4. The minimum Gasteiger partial charge on any atom is -0.423 e. The Hall–Kier alpha value is -3.58. The Balaban J connectivity index is 1.35. The van der Waals surface area contributed by atoms with Crippen molar-refractivity contribution in [3.05, 3.63) is 60.9 Å². The number of para-hydroxylation sites is 1. The second-order valence-electron chi connectivity index (χ2n) is 7.14. The number of ether oxygens (including phenoxy) is 1. The highest BCUT2D eigenvalue weighted by atomic mass is 16.5. The number of aromatic amines is 1. The number of nitrogens with zero attached hydrogens (tertiary/aromatic N) is 4. The fraction of sp³-hybridized carbons (Fsp3) is 0.182. The van der Waals surface area contributed by atoms with Gasteiger partial charge in [0.2, 0.25) is 0 Å². The summed E-state index contributed by atoms with van der Waals surface area (Å²) in [5.41, 5.74) is 5.68. The first-order chi connectivity index (χ1) is 14.3. The van der Waals surface area contributed by atoms with Crippen LogP contribution < -0.4 is 4.90 Å². The smallest absolute Gasteiger partial charge is 0.298 e. The van der Waals surface area contributed by atoms with E-state index in [0.29, 0.717) is 19.2 Å². The van der Waals surface area contributed by atoms with Gasteiger partial charge in [-0.15, -0.1) is 0 Å². The van der Waals surface area contributed by atoms with Gasteiger partial charge < -0.3 is 19.0 Å². The number of oxazole rings is 1. The zero-order valence-electron chi connectivity index (χ0n) is 15.7. The molecule has 0 spiro atoms. The minimum atomic E-state index is 0.653. The van der Waals surface area contributed by atoms with Gasteiger partial charge in [0.15, 0.2) is 5.58 Å². The van der Waals surface area contributed by atoms with Gasteiger partial charge in [0, 0.05) is 41.9 Å². The molecule has 1 N–H and O–H groups in total. The van der Waals surface area contributed by atoms with E-state index in [0.717, 1.165) is 46.7 Å². The zero-order valence-corrected chi connectivity index (χ0v) is 15.7. The van der Waals surface area contributed by atoms with E-state index < -0.39 is 0 Å². The molecule has 0 aliphatic carbocycles. The van der Waals surface area contributed by atoms with Crippen molar-refractivity contribution < 1.29 is 9.15 Å². The Labute approximate surface area is 166 Å². The summed E-state index contributed by atoms with van der Waals surface area (Å²) in [5, 5.41) is 5.95. The summed E-state index contributed by atoms with van der Waals surface area (Å²) in [6.45, 7) is 3.00. The number of hydrogen-bond acceptors (Lipinski definition) is 5. The number of fused-ring (bicyclic) bond motifs is 2. The lowest BCUT2D eigenvalue weighted by Crippen LogP contribution is -2.36. The average Bonchev–Trinajstić information content (AvgIpc) is 3.51. The topological polar surface area (TPSA) is 72.1 Å². The van der Waals surface area contributed by atoms with Crippen molar-refractivity contribution in [2.24, 2.45) is 0 Å². The maximum atomic E-state index is 5.94. The molecule has 144 valence electrons. The van der Waals surface area contributed by atoms with Crippen LogP contribution in [0.15, 0.2) is 65.3 Å². The Morgan fingerprint density at radius 3 is 2.83 bits per heavy atom. The molecular weight excluding hydrogens is 366 g/mol. The number of benzene rings is 2. The molecule has 2 aromatic carbocycles. The van der Waals surface area contributed by atoms with Crippen molar-refractivity contribution >= 4 is 28.0 Å². The van der Waals surface area contributed by atoms with E-state index in [4.69, 9.17) is 14.3 Å². The standard InChI is InChI=1S/C22H19N5O2/c1-2-4-18-16(3-1)17(14-23-18)19-7-8-27(25-19)15-5-6-21-20(13-15)24-22(29-21)26-9-11-28-12-10-26/h1-8,13-14,23H,9-12H2. The first-order valence-corrected chi connectivity index (χ1v) is 9.71. The van der Waals surface area contributed by atoms with Crippen LogP contribution in [0.25, 0.3) is 38.9 Å². The van der Waals surface area contributed by atoms with Gasteiger partial charge in [0.25, 0.3) is 6.01 Å². The lowest BCUT2D eigenvalue weighted by atomic mass is 10.1. The van der Waals surface area contributed by atoms with Crippen molar-refractivity contribution in [3.8, 4) is 16.9 Å². The predicted octanol–water partition coefficient (Wildman–Crippen LogP) is 4.00. The van der Waals surface area contributed by atoms with Crippen LogP contribution in [0, 0.1) is 0 Å².